The molecule has 0 aliphatic rings. The molecule has 0 fully saturated rings. The van der Waals surface area contributed by atoms with Crippen molar-refractivity contribution in [2.75, 3.05) is 26.8 Å². The van der Waals surface area contributed by atoms with Crippen molar-refractivity contribution in [2.45, 2.75) is 40.7 Å². The summed E-state index contributed by atoms with van der Waals surface area (Å²) in [5, 5.41) is 18.7. The Kier molecular flexibility index (Phi) is 5.59. The van der Waals surface area contributed by atoms with Crippen molar-refractivity contribution in [3.63, 3.8) is 0 Å². The molecular weight excluding hydrogens is 268 g/mol. The number of hydrogen-bond donors (Lipinski definition) is 2. The highest BCUT2D eigenvalue weighted by atomic mass is 16.3. The Morgan fingerprint density at radius 1 is 1.33 bits per heavy atom. The summed E-state index contributed by atoms with van der Waals surface area (Å²) in [5.74, 6) is -0.0804. The van der Waals surface area contributed by atoms with Gasteiger partial charge in [0.1, 0.15) is 0 Å². The Bertz CT molecular complexity index is 502. The van der Waals surface area contributed by atoms with E-state index in [1.54, 1.807) is 18.9 Å². The largest absolute Gasteiger partial charge is 0.396 e. The zero-order chi connectivity index (χ0) is 16.4. The number of carbonyl (C=O) groups excluding carboxylic acids is 1. The molecular formula is C16H28N2O3. The van der Waals surface area contributed by atoms with Crippen LogP contribution in [0.3, 0.4) is 0 Å². The topological polar surface area (TPSA) is 65.7 Å². The summed E-state index contributed by atoms with van der Waals surface area (Å²) < 4.78 is 2.14. The van der Waals surface area contributed by atoms with E-state index in [-0.39, 0.29) is 19.1 Å². The zero-order valence-corrected chi connectivity index (χ0v) is 14.0. The van der Waals surface area contributed by atoms with Gasteiger partial charge in [-0.3, -0.25) is 4.79 Å². The molecule has 1 heterocycles. The Morgan fingerprint density at radius 3 is 2.24 bits per heavy atom. The smallest absolute Gasteiger partial charge is 0.255 e. The summed E-state index contributed by atoms with van der Waals surface area (Å²) in [5.41, 5.74) is 2.01. The summed E-state index contributed by atoms with van der Waals surface area (Å²) in [7, 11) is 1.70. The van der Waals surface area contributed by atoms with Crippen LogP contribution in [-0.4, -0.2) is 52.4 Å². The molecule has 0 spiro atoms. The second-order valence-electron chi connectivity index (χ2n) is 6.54. The van der Waals surface area contributed by atoms with Crippen molar-refractivity contribution in [3.05, 3.63) is 23.0 Å². The lowest BCUT2D eigenvalue weighted by Gasteiger charge is -2.30. The van der Waals surface area contributed by atoms with E-state index in [4.69, 9.17) is 0 Å². The van der Waals surface area contributed by atoms with Gasteiger partial charge in [0.25, 0.3) is 5.91 Å². The molecule has 0 aliphatic heterocycles. The first-order chi connectivity index (χ1) is 9.66. The third-order valence-electron chi connectivity index (χ3n) is 3.96. The quantitative estimate of drug-likeness (QED) is 0.840. The monoisotopic (exact) mass is 296 g/mol. The molecule has 1 aromatic rings. The van der Waals surface area contributed by atoms with E-state index in [1.807, 2.05) is 19.9 Å². The van der Waals surface area contributed by atoms with E-state index in [0.29, 0.717) is 18.2 Å². The van der Waals surface area contributed by atoms with Crippen molar-refractivity contribution < 1.29 is 15.0 Å². The molecule has 5 heteroatoms. The number of aryl methyl sites for hydroxylation is 1. The minimum Gasteiger partial charge on any atom is -0.396 e. The van der Waals surface area contributed by atoms with Gasteiger partial charge < -0.3 is 19.7 Å². The summed E-state index contributed by atoms with van der Waals surface area (Å²) in [6, 6.07) is 2.21. The first-order valence-electron chi connectivity index (χ1n) is 7.32. The van der Waals surface area contributed by atoms with Crippen molar-refractivity contribution in [3.8, 4) is 0 Å². The number of aromatic nitrogens is 1. The molecule has 0 unspecified atom stereocenters. The van der Waals surface area contributed by atoms with Crippen molar-refractivity contribution in [1.82, 2.24) is 9.47 Å². The molecule has 21 heavy (non-hydrogen) atoms. The van der Waals surface area contributed by atoms with E-state index in [0.717, 1.165) is 11.4 Å². The lowest BCUT2D eigenvalue weighted by atomic mass is 9.92. The number of nitrogens with zero attached hydrogens (tertiary/aromatic N) is 2. The lowest BCUT2D eigenvalue weighted by molar-refractivity contribution is 0.0366. The third kappa shape index (κ3) is 3.66. The maximum Gasteiger partial charge on any atom is 0.255 e. The third-order valence-corrected chi connectivity index (χ3v) is 3.96. The van der Waals surface area contributed by atoms with Gasteiger partial charge in [-0.25, -0.2) is 0 Å². The first-order valence-corrected chi connectivity index (χ1v) is 7.32. The highest BCUT2D eigenvalue weighted by Crippen LogP contribution is 2.23. The maximum atomic E-state index is 12.6. The summed E-state index contributed by atoms with van der Waals surface area (Å²) in [6.07, 6.45) is 0. The molecule has 120 valence electrons. The van der Waals surface area contributed by atoms with Crippen LogP contribution in [-0.2, 0) is 0 Å². The number of hydrogen-bond acceptors (Lipinski definition) is 3. The predicted octanol–water partition coefficient (Wildman–Crippen LogP) is 1.75. The normalized spacial score (nSPS) is 12.0. The number of amides is 1. The average Bonchev–Trinajstić information content (AvgIpc) is 2.72. The highest BCUT2D eigenvalue weighted by molar-refractivity contribution is 5.95. The second kappa shape index (κ2) is 6.62. The van der Waals surface area contributed by atoms with Crippen molar-refractivity contribution in [2.24, 2.45) is 5.41 Å². The predicted molar refractivity (Wildman–Crippen MR) is 83.5 cm³/mol. The summed E-state index contributed by atoms with van der Waals surface area (Å²) in [6.45, 7) is 9.87. The maximum absolute atomic E-state index is 12.6. The van der Waals surface area contributed by atoms with Gasteiger partial charge in [0.05, 0.1) is 18.8 Å². The van der Waals surface area contributed by atoms with Crippen LogP contribution in [0, 0.1) is 19.3 Å². The van der Waals surface area contributed by atoms with Gasteiger partial charge >= 0.3 is 0 Å². The molecule has 0 aliphatic carbocycles. The van der Waals surface area contributed by atoms with Crippen LogP contribution in [0.5, 0.6) is 0 Å². The van der Waals surface area contributed by atoms with Crippen LogP contribution in [0.1, 0.15) is 48.6 Å². The Balaban J connectivity index is 3.02. The first kappa shape index (κ1) is 17.7. The number of aliphatic hydroxyl groups is 2. The molecule has 1 aromatic heterocycles. The van der Waals surface area contributed by atoms with Crippen LogP contribution in [0.25, 0.3) is 0 Å². The Hall–Kier alpha value is -1.33. The number of aliphatic hydroxyl groups excluding tert-OH is 2. The Morgan fingerprint density at radius 2 is 1.86 bits per heavy atom. The standard InChI is InChI=1S/C16H28N2O3/c1-11(2)18-12(3)7-14(13(18)4)15(21)17(6)8-16(5,9-19)10-20/h7,11,19-20H,8-10H2,1-6H3. The SMILES string of the molecule is Cc1cc(C(=O)N(C)CC(C)(CO)CO)c(C)n1C(C)C. The van der Waals surface area contributed by atoms with Gasteiger partial charge in [0, 0.05) is 36.4 Å². The van der Waals surface area contributed by atoms with Gasteiger partial charge in [0.2, 0.25) is 0 Å². The van der Waals surface area contributed by atoms with Crippen LogP contribution in [0.4, 0.5) is 0 Å². The fraction of sp³-hybridized carbons (Fsp3) is 0.688. The molecule has 2 N–H and O–H groups in total. The zero-order valence-electron chi connectivity index (χ0n) is 14.0. The van der Waals surface area contributed by atoms with Crippen molar-refractivity contribution in [1.29, 1.82) is 0 Å². The van der Waals surface area contributed by atoms with Crippen LogP contribution in [0.2, 0.25) is 0 Å². The Labute approximate surface area is 127 Å². The average molecular weight is 296 g/mol. The highest BCUT2D eigenvalue weighted by Gasteiger charge is 2.28. The molecule has 1 rings (SSSR count). The van der Waals surface area contributed by atoms with Gasteiger partial charge in [-0.15, -0.1) is 0 Å². The molecule has 1 amide bonds. The minimum atomic E-state index is -0.687. The number of carbonyl (C=O) groups is 1. The fourth-order valence-corrected chi connectivity index (χ4v) is 2.79. The van der Waals surface area contributed by atoms with E-state index in [2.05, 4.69) is 18.4 Å². The van der Waals surface area contributed by atoms with E-state index in [1.165, 1.54) is 0 Å². The van der Waals surface area contributed by atoms with Crippen LogP contribution < -0.4 is 0 Å². The van der Waals surface area contributed by atoms with Gasteiger partial charge in [-0.2, -0.15) is 0 Å². The van der Waals surface area contributed by atoms with E-state index in [9.17, 15) is 15.0 Å². The molecule has 0 aromatic carbocycles. The molecule has 5 nitrogen and oxygen atoms in total. The molecule has 0 radical (unpaired) electrons. The van der Waals surface area contributed by atoms with Crippen LogP contribution in [0.15, 0.2) is 6.07 Å². The second-order valence-corrected chi connectivity index (χ2v) is 6.54. The summed E-state index contributed by atoms with van der Waals surface area (Å²) >= 11 is 0. The van der Waals surface area contributed by atoms with Gasteiger partial charge in [-0.05, 0) is 33.8 Å². The van der Waals surface area contributed by atoms with Crippen molar-refractivity contribution >= 4 is 5.91 Å². The van der Waals surface area contributed by atoms with E-state index < -0.39 is 5.41 Å². The van der Waals surface area contributed by atoms with Gasteiger partial charge in [-0.1, -0.05) is 6.92 Å². The lowest BCUT2D eigenvalue weighted by Crippen LogP contribution is -2.41. The number of rotatable bonds is 6. The van der Waals surface area contributed by atoms with E-state index >= 15 is 0 Å². The summed E-state index contributed by atoms with van der Waals surface area (Å²) in [4.78, 5) is 14.2. The van der Waals surface area contributed by atoms with Gasteiger partial charge in [0.15, 0.2) is 0 Å². The molecule has 0 saturated heterocycles. The fourth-order valence-electron chi connectivity index (χ4n) is 2.79. The molecule has 0 atom stereocenters. The minimum absolute atomic E-state index is 0.0804. The van der Waals surface area contributed by atoms with Crippen LogP contribution >= 0.6 is 0 Å². The molecule has 0 bridgehead atoms. The molecule has 0 saturated carbocycles.